The van der Waals surface area contributed by atoms with Crippen LogP contribution in [0.5, 0.6) is 0 Å². The third-order valence-corrected chi connectivity index (χ3v) is 5.66. The summed E-state index contributed by atoms with van der Waals surface area (Å²) in [5, 5.41) is 6.78. The second kappa shape index (κ2) is 21.6. The number of hydrogen-bond donors (Lipinski definition) is 5. The van der Waals surface area contributed by atoms with Crippen molar-refractivity contribution in [2.24, 2.45) is 27.2 Å². The molecule has 0 aliphatic heterocycles. The van der Waals surface area contributed by atoms with Crippen LogP contribution in [0.25, 0.3) is 0 Å². The van der Waals surface area contributed by atoms with E-state index in [1.807, 2.05) is 6.07 Å². The monoisotopic (exact) mass is 459 g/mol. The Morgan fingerprint density at radius 3 is 1.70 bits per heavy atom. The fourth-order valence-corrected chi connectivity index (χ4v) is 3.71. The van der Waals surface area contributed by atoms with Gasteiger partial charge in [-0.2, -0.15) is 0 Å². The fourth-order valence-electron chi connectivity index (χ4n) is 3.71. The summed E-state index contributed by atoms with van der Waals surface area (Å²) in [4.78, 5) is 8.43. The van der Waals surface area contributed by atoms with Crippen LogP contribution < -0.4 is 27.8 Å². The molecule has 188 valence electrons. The summed E-state index contributed by atoms with van der Waals surface area (Å²) in [7, 11) is 0. The second-order valence-electron chi connectivity index (χ2n) is 8.73. The van der Waals surface area contributed by atoms with E-state index in [2.05, 4.69) is 44.9 Å². The fraction of sp³-hybridized carbons (Fsp3) is 0.692. The maximum atomic E-state index is 5.94. The lowest BCUT2D eigenvalue weighted by atomic mass is 10.1. The lowest BCUT2D eigenvalue weighted by Gasteiger charge is -2.06. The van der Waals surface area contributed by atoms with Crippen molar-refractivity contribution in [1.29, 1.82) is 0 Å². The highest BCUT2D eigenvalue weighted by atomic mass is 15.1. The number of benzene rings is 1. The van der Waals surface area contributed by atoms with Crippen molar-refractivity contribution in [3.8, 4) is 0 Å². The van der Waals surface area contributed by atoms with Crippen LogP contribution in [0.2, 0.25) is 0 Å². The Balaban J connectivity index is 1.76. The number of rotatable bonds is 21. The van der Waals surface area contributed by atoms with Crippen LogP contribution in [0.4, 0.5) is 0 Å². The van der Waals surface area contributed by atoms with Crippen LogP contribution in [0.1, 0.15) is 82.6 Å². The van der Waals surface area contributed by atoms with E-state index in [-0.39, 0.29) is 5.96 Å². The predicted octanol–water partition coefficient (Wildman–Crippen LogP) is 3.68. The number of nitrogens with two attached hydrogens (primary N) is 3. The van der Waals surface area contributed by atoms with Crippen molar-refractivity contribution in [2.75, 3.05) is 32.7 Å². The van der Waals surface area contributed by atoms with E-state index >= 15 is 0 Å². The van der Waals surface area contributed by atoms with Gasteiger partial charge in [0.2, 0.25) is 0 Å². The third kappa shape index (κ3) is 20.1. The number of nitrogens with zero attached hydrogens (tertiary/aromatic N) is 2. The van der Waals surface area contributed by atoms with E-state index in [1.165, 1.54) is 69.8 Å². The van der Waals surface area contributed by atoms with Crippen molar-refractivity contribution in [2.45, 2.75) is 83.5 Å². The summed E-state index contributed by atoms with van der Waals surface area (Å²) < 4.78 is 0. The van der Waals surface area contributed by atoms with Crippen LogP contribution in [0, 0.1) is 0 Å². The third-order valence-electron chi connectivity index (χ3n) is 5.66. The maximum absolute atomic E-state index is 5.94. The van der Waals surface area contributed by atoms with Crippen molar-refractivity contribution in [3.63, 3.8) is 0 Å². The Kier molecular flexibility index (Phi) is 18.8. The van der Waals surface area contributed by atoms with Gasteiger partial charge in [0.15, 0.2) is 11.9 Å². The molecule has 0 aliphatic rings. The second-order valence-corrected chi connectivity index (χ2v) is 8.73. The standard InChI is InChI=1S/C26H49N7/c27-25(28)31-21-14-7-3-1-2-5-12-19-30-20-13-6-4-8-15-22-32-26(29)33-23-18-24-16-10-9-11-17-24/h9-11,16-17,30H,1-8,12-15,18-23H2,(H4,27,28,31)(H3,29,32,33). The Bertz CT molecular complexity index is 612. The number of guanidine groups is 2. The highest BCUT2D eigenvalue weighted by Crippen LogP contribution is 2.07. The molecule has 0 atom stereocenters. The number of unbranched alkanes of at least 4 members (excludes halogenated alkanes) is 10. The average molecular weight is 460 g/mol. The van der Waals surface area contributed by atoms with E-state index < -0.39 is 0 Å². The first-order valence-electron chi connectivity index (χ1n) is 13.0. The first kappa shape index (κ1) is 28.8. The topological polar surface area (TPSA) is 127 Å². The van der Waals surface area contributed by atoms with Crippen LogP contribution in [0.15, 0.2) is 40.3 Å². The van der Waals surface area contributed by atoms with Gasteiger partial charge in [-0.3, -0.25) is 9.98 Å². The predicted molar refractivity (Wildman–Crippen MR) is 144 cm³/mol. The minimum atomic E-state index is 0.205. The zero-order valence-corrected chi connectivity index (χ0v) is 20.7. The molecule has 7 nitrogen and oxygen atoms in total. The molecule has 1 aromatic carbocycles. The zero-order chi connectivity index (χ0) is 23.8. The molecule has 1 rings (SSSR count). The molecule has 0 aromatic heterocycles. The largest absolute Gasteiger partial charge is 0.370 e. The van der Waals surface area contributed by atoms with Gasteiger partial charge in [-0.1, -0.05) is 81.7 Å². The summed E-state index contributed by atoms with van der Waals surface area (Å²) in [5.74, 6) is 0.773. The van der Waals surface area contributed by atoms with E-state index in [9.17, 15) is 0 Å². The summed E-state index contributed by atoms with van der Waals surface area (Å²) in [6, 6.07) is 10.4. The van der Waals surface area contributed by atoms with E-state index in [4.69, 9.17) is 17.2 Å². The SMILES string of the molecule is NC(N)=NCCCCCCCCCNCCCCCCCN=C(N)NCCc1ccccc1. The molecule has 0 aliphatic carbocycles. The van der Waals surface area contributed by atoms with Crippen LogP contribution in [-0.4, -0.2) is 44.6 Å². The molecule has 0 amide bonds. The van der Waals surface area contributed by atoms with Crippen LogP contribution >= 0.6 is 0 Å². The minimum absolute atomic E-state index is 0.205. The van der Waals surface area contributed by atoms with Gasteiger partial charge in [0.05, 0.1) is 0 Å². The molecule has 0 spiro atoms. The van der Waals surface area contributed by atoms with Crippen molar-refractivity contribution in [3.05, 3.63) is 35.9 Å². The first-order valence-corrected chi connectivity index (χ1v) is 13.0. The van der Waals surface area contributed by atoms with Crippen molar-refractivity contribution in [1.82, 2.24) is 10.6 Å². The quantitative estimate of drug-likeness (QED) is 0.109. The highest BCUT2D eigenvalue weighted by molar-refractivity contribution is 5.77. The van der Waals surface area contributed by atoms with Gasteiger partial charge in [-0.25, -0.2) is 0 Å². The minimum Gasteiger partial charge on any atom is -0.370 e. The van der Waals surface area contributed by atoms with Gasteiger partial charge in [0.1, 0.15) is 0 Å². The van der Waals surface area contributed by atoms with E-state index in [0.717, 1.165) is 52.0 Å². The zero-order valence-electron chi connectivity index (χ0n) is 20.7. The number of nitrogens with one attached hydrogen (secondary N) is 2. The first-order chi connectivity index (χ1) is 16.2. The van der Waals surface area contributed by atoms with E-state index in [1.54, 1.807) is 0 Å². The number of aliphatic imine (C=N–C) groups is 2. The molecule has 0 bridgehead atoms. The molecule has 0 radical (unpaired) electrons. The maximum Gasteiger partial charge on any atom is 0.188 e. The van der Waals surface area contributed by atoms with Gasteiger partial charge in [-0.05, 0) is 50.8 Å². The lowest BCUT2D eigenvalue weighted by molar-refractivity contribution is 0.540. The van der Waals surface area contributed by atoms with Gasteiger partial charge < -0.3 is 27.8 Å². The molecular formula is C26H49N7. The van der Waals surface area contributed by atoms with E-state index in [0.29, 0.717) is 5.96 Å². The molecule has 7 heteroatoms. The van der Waals surface area contributed by atoms with Crippen molar-refractivity contribution >= 4 is 11.9 Å². The van der Waals surface area contributed by atoms with Gasteiger partial charge in [-0.15, -0.1) is 0 Å². The Morgan fingerprint density at radius 2 is 1.12 bits per heavy atom. The smallest absolute Gasteiger partial charge is 0.188 e. The summed E-state index contributed by atoms with van der Waals surface area (Å²) in [6.45, 7) is 4.70. The summed E-state index contributed by atoms with van der Waals surface area (Å²) in [6.07, 6.45) is 16.0. The Morgan fingerprint density at radius 1 is 0.606 bits per heavy atom. The average Bonchev–Trinajstić information content (AvgIpc) is 2.81. The molecule has 0 unspecified atom stereocenters. The summed E-state index contributed by atoms with van der Waals surface area (Å²) >= 11 is 0. The molecular weight excluding hydrogens is 410 g/mol. The number of hydrogen-bond acceptors (Lipinski definition) is 3. The van der Waals surface area contributed by atoms with Gasteiger partial charge in [0.25, 0.3) is 0 Å². The molecule has 0 fully saturated rings. The highest BCUT2D eigenvalue weighted by Gasteiger charge is 1.96. The molecule has 0 saturated carbocycles. The van der Waals surface area contributed by atoms with Gasteiger partial charge >= 0.3 is 0 Å². The molecule has 33 heavy (non-hydrogen) atoms. The lowest BCUT2D eigenvalue weighted by Crippen LogP contribution is -2.33. The molecule has 0 saturated heterocycles. The normalized spacial score (nSPS) is 11.5. The van der Waals surface area contributed by atoms with Crippen LogP contribution in [-0.2, 0) is 6.42 Å². The molecule has 8 N–H and O–H groups in total. The summed E-state index contributed by atoms with van der Waals surface area (Å²) in [5.41, 5.74) is 17.9. The Hall–Kier alpha value is -2.28. The Labute approximate surface area is 202 Å². The van der Waals surface area contributed by atoms with Gasteiger partial charge in [0, 0.05) is 19.6 Å². The molecule has 0 heterocycles. The van der Waals surface area contributed by atoms with Crippen molar-refractivity contribution < 1.29 is 0 Å². The molecule has 1 aromatic rings. The van der Waals surface area contributed by atoms with Crippen LogP contribution in [0.3, 0.4) is 0 Å².